The lowest BCUT2D eigenvalue weighted by atomic mass is 10.2. The van der Waals surface area contributed by atoms with Crippen molar-refractivity contribution in [1.82, 2.24) is 24.8 Å². The summed E-state index contributed by atoms with van der Waals surface area (Å²) in [7, 11) is 0. The number of anilines is 2. The van der Waals surface area contributed by atoms with Crippen LogP contribution in [0.25, 0.3) is 17.0 Å². The average molecular weight is 414 g/mol. The lowest BCUT2D eigenvalue weighted by molar-refractivity contribution is -0.140. The first-order valence-electron chi connectivity index (χ1n) is 8.56. The van der Waals surface area contributed by atoms with Crippen LogP contribution >= 0.6 is 0 Å². The second-order valence-corrected chi connectivity index (χ2v) is 6.14. The molecule has 0 spiro atoms. The van der Waals surface area contributed by atoms with Crippen molar-refractivity contribution in [2.45, 2.75) is 6.18 Å². The number of amides is 1. The van der Waals surface area contributed by atoms with Crippen molar-refractivity contribution in [2.75, 3.05) is 5.32 Å². The highest BCUT2D eigenvalue weighted by Crippen LogP contribution is 2.36. The lowest BCUT2D eigenvalue weighted by Crippen LogP contribution is -2.18. The average Bonchev–Trinajstić information content (AvgIpc) is 3.14. The molecule has 152 valence electrons. The molecular formula is C19H13F3N6O2. The molecule has 8 nitrogen and oxygen atoms in total. The Morgan fingerprint density at radius 2 is 1.80 bits per heavy atom. The van der Waals surface area contributed by atoms with Gasteiger partial charge in [-0.15, -0.1) is 0 Å². The number of aromatic nitrogens is 4. The zero-order valence-corrected chi connectivity index (χ0v) is 15.1. The summed E-state index contributed by atoms with van der Waals surface area (Å²) < 4.78 is 42.0. The van der Waals surface area contributed by atoms with E-state index in [1.807, 2.05) is 0 Å². The van der Waals surface area contributed by atoms with Crippen LogP contribution < -0.4 is 10.8 Å². The fraction of sp³-hybridized carbons (Fsp3) is 0.0526. The number of carbonyl (C=O) groups is 1. The van der Waals surface area contributed by atoms with Crippen LogP contribution in [0.3, 0.4) is 0 Å². The van der Waals surface area contributed by atoms with Gasteiger partial charge in [-0.3, -0.25) is 14.4 Å². The molecule has 30 heavy (non-hydrogen) atoms. The summed E-state index contributed by atoms with van der Waals surface area (Å²) in [5.74, 6) is -0.613. The molecular weight excluding hydrogens is 401 g/mol. The van der Waals surface area contributed by atoms with Gasteiger partial charge in [0.1, 0.15) is 11.3 Å². The monoisotopic (exact) mass is 414 g/mol. The number of halogens is 3. The maximum absolute atomic E-state index is 13.6. The second kappa shape index (κ2) is 7.44. The molecule has 0 radical (unpaired) electrons. The van der Waals surface area contributed by atoms with Gasteiger partial charge in [-0.25, -0.2) is 20.4 Å². The van der Waals surface area contributed by atoms with E-state index in [1.54, 1.807) is 12.1 Å². The van der Waals surface area contributed by atoms with Gasteiger partial charge >= 0.3 is 6.18 Å². The van der Waals surface area contributed by atoms with Gasteiger partial charge in [0, 0.05) is 23.6 Å². The number of fused-ring (bicyclic) bond motifs is 1. The summed E-state index contributed by atoms with van der Waals surface area (Å²) in [4.78, 5) is 23.3. The number of hydrogen-bond donors (Lipinski definition) is 3. The number of imidazole rings is 1. The minimum Gasteiger partial charge on any atom is -0.324 e. The van der Waals surface area contributed by atoms with E-state index in [2.05, 4.69) is 20.3 Å². The molecule has 0 bridgehead atoms. The molecule has 1 aromatic carbocycles. The van der Waals surface area contributed by atoms with Gasteiger partial charge in [-0.1, -0.05) is 6.07 Å². The summed E-state index contributed by atoms with van der Waals surface area (Å²) in [5, 5.41) is 11.5. The fourth-order valence-corrected chi connectivity index (χ4v) is 2.89. The van der Waals surface area contributed by atoms with Crippen LogP contribution in [0.1, 0.15) is 16.1 Å². The summed E-state index contributed by atoms with van der Waals surface area (Å²) >= 11 is 0. The third-order valence-electron chi connectivity index (χ3n) is 4.20. The zero-order chi connectivity index (χ0) is 21.3. The van der Waals surface area contributed by atoms with Gasteiger partial charge in [0.2, 0.25) is 5.95 Å². The maximum atomic E-state index is 13.6. The van der Waals surface area contributed by atoms with Crippen LogP contribution in [-0.2, 0) is 6.18 Å². The van der Waals surface area contributed by atoms with Gasteiger partial charge in [0.05, 0.1) is 5.69 Å². The van der Waals surface area contributed by atoms with Crippen LogP contribution in [0.2, 0.25) is 0 Å². The quantitative estimate of drug-likeness (QED) is 0.348. The Bertz CT molecular complexity index is 1220. The number of nitrogens with one attached hydrogen (secondary N) is 2. The van der Waals surface area contributed by atoms with Gasteiger partial charge in [-0.2, -0.15) is 13.2 Å². The second-order valence-electron chi connectivity index (χ2n) is 6.14. The molecule has 0 atom stereocenters. The van der Waals surface area contributed by atoms with E-state index in [0.29, 0.717) is 5.69 Å². The summed E-state index contributed by atoms with van der Waals surface area (Å²) in [6, 6.07) is 12.0. The smallest absolute Gasteiger partial charge is 0.324 e. The van der Waals surface area contributed by atoms with Gasteiger partial charge in [0.15, 0.2) is 5.69 Å². The Hall–Kier alpha value is -3.99. The van der Waals surface area contributed by atoms with E-state index in [-0.39, 0.29) is 28.5 Å². The third kappa shape index (κ3) is 3.65. The van der Waals surface area contributed by atoms with Crippen molar-refractivity contribution >= 4 is 23.2 Å². The molecule has 0 saturated heterocycles. The van der Waals surface area contributed by atoms with Crippen LogP contribution in [0.4, 0.5) is 24.8 Å². The topological polar surface area (TPSA) is 104 Å². The van der Waals surface area contributed by atoms with Crippen molar-refractivity contribution < 1.29 is 23.2 Å². The molecule has 4 aromatic rings. The maximum Gasteiger partial charge on any atom is 0.435 e. The van der Waals surface area contributed by atoms with Crippen LogP contribution in [0.5, 0.6) is 0 Å². The summed E-state index contributed by atoms with van der Waals surface area (Å²) in [6.07, 6.45) is -1.85. The number of nitrogens with zero attached hydrogens (tertiary/aromatic N) is 4. The molecule has 3 aromatic heterocycles. The molecule has 3 N–H and O–H groups in total. The van der Waals surface area contributed by atoms with E-state index in [9.17, 15) is 18.0 Å². The Labute approximate surface area is 167 Å². The van der Waals surface area contributed by atoms with Gasteiger partial charge in [0.25, 0.3) is 5.91 Å². The van der Waals surface area contributed by atoms with E-state index >= 15 is 0 Å². The minimum atomic E-state index is -4.66. The van der Waals surface area contributed by atoms with Crippen molar-refractivity contribution in [2.24, 2.45) is 0 Å². The first-order valence-corrected chi connectivity index (χ1v) is 8.56. The Morgan fingerprint density at radius 1 is 1.03 bits per heavy atom. The molecule has 4 rings (SSSR count). The zero-order valence-electron chi connectivity index (χ0n) is 15.1. The van der Waals surface area contributed by atoms with Gasteiger partial charge in [-0.05, 0) is 42.5 Å². The number of pyridine rings is 1. The molecule has 0 unspecified atom stereocenters. The SMILES string of the molecule is O=C(NO)c1ccc(Nc2nccc(-c3c(C(F)(F)F)nc4ccccn34)n2)cc1. The Balaban J connectivity index is 1.72. The van der Waals surface area contributed by atoms with E-state index < -0.39 is 17.8 Å². The Morgan fingerprint density at radius 3 is 2.50 bits per heavy atom. The molecule has 3 heterocycles. The predicted octanol–water partition coefficient (Wildman–Crippen LogP) is 3.67. The highest BCUT2D eigenvalue weighted by atomic mass is 19.4. The number of rotatable bonds is 4. The number of hydrogen-bond acceptors (Lipinski definition) is 6. The largest absolute Gasteiger partial charge is 0.435 e. The molecule has 0 aliphatic heterocycles. The molecule has 1 amide bonds. The minimum absolute atomic E-state index is 0.0369. The van der Waals surface area contributed by atoms with Crippen LogP contribution in [0.15, 0.2) is 60.9 Å². The lowest BCUT2D eigenvalue weighted by Gasteiger charge is -2.10. The first-order chi connectivity index (χ1) is 14.4. The third-order valence-corrected chi connectivity index (χ3v) is 4.20. The summed E-state index contributed by atoms with van der Waals surface area (Å²) in [6.45, 7) is 0. The number of alkyl halides is 3. The molecule has 0 saturated carbocycles. The molecule has 0 fully saturated rings. The predicted molar refractivity (Wildman–Crippen MR) is 100 cm³/mol. The van der Waals surface area contributed by atoms with E-state index in [4.69, 9.17) is 5.21 Å². The van der Waals surface area contributed by atoms with Gasteiger partial charge < -0.3 is 5.32 Å². The number of carbonyl (C=O) groups excluding carboxylic acids is 1. The standard InChI is InChI=1S/C19H13F3N6O2/c20-19(21,22)16-15(28-10-2-1-3-14(28)26-16)13-8-9-23-18(25-13)24-12-6-4-11(5-7-12)17(29)27-30/h1-10,30H,(H,27,29)(H,23,24,25). The number of benzene rings is 1. The number of hydroxylamine groups is 1. The Kier molecular flexibility index (Phi) is 4.80. The van der Waals surface area contributed by atoms with E-state index in [1.165, 1.54) is 58.7 Å². The first kappa shape index (κ1) is 19.3. The fourth-order valence-electron chi connectivity index (χ4n) is 2.89. The van der Waals surface area contributed by atoms with Crippen molar-refractivity contribution in [1.29, 1.82) is 0 Å². The normalized spacial score (nSPS) is 11.5. The van der Waals surface area contributed by atoms with Crippen molar-refractivity contribution in [3.8, 4) is 11.4 Å². The van der Waals surface area contributed by atoms with Crippen LogP contribution in [-0.4, -0.2) is 30.5 Å². The molecule has 0 aliphatic rings. The summed E-state index contributed by atoms with van der Waals surface area (Å²) in [5.41, 5.74) is 1.18. The molecule has 11 heteroatoms. The van der Waals surface area contributed by atoms with Crippen molar-refractivity contribution in [3.63, 3.8) is 0 Å². The highest BCUT2D eigenvalue weighted by molar-refractivity contribution is 5.93. The van der Waals surface area contributed by atoms with Crippen LogP contribution in [0, 0.1) is 0 Å². The highest BCUT2D eigenvalue weighted by Gasteiger charge is 2.38. The molecule has 0 aliphatic carbocycles. The van der Waals surface area contributed by atoms with E-state index in [0.717, 1.165) is 0 Å². The van der Waals surface area contributed by atoms with Crippen molar-refractivity contribution in [3.05, 3.63) is 72.2 Å².